The van der Waals surface area contributed by atoms with Crippen LogP contribution in [0, 0.1) is 0 Å². The lowest BCUT2D eigenvalue weighted by atomic mass is 10.1. The molecule has 0 aliphatic carbocycles. The standard InChI is InChI=1S/C22H28ClN3O3S/c1-30(28,29)26(21-11-7-18(23)8-12-21)17-5-6-22(27)24-19-9-13-20(14-10-19)25-15-3-2-4-16-25/h7-14H,2-6,15-17H2,1H3,(H,24,27). The Morgan fingerprint density at radius 3 is 2.27 bits per heavy atom. The summed E-state index contributed by atoms with van der Waals surface area (Å²) in [6.07, 6.45) is 5.53. The van der Waals surface area contributed by atoms with E-state index in [1.54, 1.807) is 24.3 Å². The van der Waals surface area contributed by atoms with E-state index in [1.807, 2.05) is 24.3 Å². The molecule has 1 saturated heterocycles. The Kier molecular flexibility index (Phi) is 7.61. The Hall–Kier alpha value is -2.25. The Bertz CT molecular complexity index is 941. The number of rotatable bonds is 8. The zero-order valence-electron chi connectivity index (χ0n) is 17.2. The predicted molar refractivity (Wildman–Crippen MR) is 124 cm³/mol. The summed E-state index contributed by atoms with van der Waals surface area (Å²) in [6.45, 7) is 2.38. The van der Waals surface area contributed by atoms with E-state index in [9.17, 15) is 13.2 Å². The number of sulfonamides is 1. The van der Waals surface area contributed by atoms with E-state index in [-0.39, 0.29) is 18.9 Å². The number of hydrogen-bond donors (Lipinski definition) is 1. The molecule has 0 spiro atoms. The first-order valence-corrected chi connectivity index (χ1v) is 12.4. The lowest BCUT2D eigenvalue weighted by molar-refractivity contribution is -0.116. The zero-order chi connectivity index (χ0) is 21.6. The molecule has 2 aromatic carbocycles. The monoisotopic (exact) mass is 449 g/mol. The highest BCUT2D eigenvalue weighted by Gasteiger charge is 2.17. The summed E-state index contributed by atoms with van der Waals surface area (Å²) < 4.78 is 25.6. The van der Waals surface area contributed by atoms with Crippen LogP contribution in [0.4, 0.5) is 17.1 Å². The highest BCUT2D eigenvalue weighted by molar-refractivity contribution is 7.92. The molecule has 1 aliphatic rings. The van der Waals surface area contributed by atoms with Gasteiger partial charge in [-0.1, -0.05) is 11.6 Å². The van der Waals surface area contributed by atoms with Crippen LogP contribution in [0.5, 0.6) is 0 Å². The molecule has 3 rings (SSSR count). The number of anilines is 3. The summed E-state index contributed by atoms with van der Waals surface area (Å²) in [4.78, 5) is 14.7. The quantitative estimate of drug-likeness (QED) is 0.643. The lowest BCUT2D eigenvalue weighted by Crippen LogP contribution is -2.31. The zero-order valence-corrected chi connectivity index (χ0v) is 18.8. The molecule has 8 heteroatoms. The molecule has 1 heterocycles. The number of nitrogens with one attached hydrogen (secondary N) is 1. The molecular formula is C22H28ClN3O3S. The lowest BCUT2D eigenvalue weighted by Gasteiger charge is -2.28. The van der Waals surface area contributed by atoms with Gasteiger partial charge in [-0.2, -0.15) is 0 Å². The maximum atomic E-state index is 12.3. The Morgan fingerprint density at radius 1 is 1.03 bits per heavy atom. The third kappa shape index (κ3) is 6.37. The fourth-order valence-electron chi connectivity index (χ4n) is 3.61. The molecule has 1 N–H and O–H groups in total. The molecule has 0 radical (unpaired) electrons. The van der Waals surface area contributed by atoms with Gasteiger partial charge < -0.3 is 10.2 Å². The van der Waals surface area contributed by atoms with E-state index in [0.717, 1.165) is 25.0 Å². The average Bonchev–Trinajstić information content (AvgIpc) is 2.72. The minimum atomic E-state index is -3.45. The summed E-state index contributed by atoms with van der Waals surface area (Å²) in [5.74, 6) is -0.134. The van der Waals surface area contributed by atoms with Crippen molar-refractivity contribution < 1.29 is 13.2 Å². The van der Waals surface area contributed by atoms with E-state index in [2.05, 4.69) is 10.2 Å². The summed E-state index contributed by atoms with van der Waals surface area (Å²) in [5.41, 5.74) is 2.47. The molecule has 30 heavy (non-hydrogen) atoms. The van der Waals surface area contributed by atoms with E-state index in [1.165, 1.54) is 29.3 Å². The van der Waals surface area contributed by atoms with Gasteiger partial charge in [0, 0.05) is 42.5 Å². The van der Waals surface area contributed by atoms with Gasteiger partial charge in [0.1, 0.15) is 0 Å². The highest BCUT2D eigenvalue weighted by atomic mass is 35.5. The number of piperidine rings is 1. The van der Waals surface area contributed by atoms with E-state index < -0.39 is 10.0 Å². The molecule has 6 nitrogen and oxygen atoms in total. The molecule has 0 aromatic heterocycles. The minimum Gasteiger partial charge on any atom is -0.372 e. The number of benzene rings is 2. The van der Waals surface area contributed by atoms with Crippen LogP contribution in [-0.4, -0.2) is 40.2 Å². The van der Waals surface area contributed by atoms with Crippen molar-refractivity contribution in [3.8, 4) is 0 Å². The van der Waals surface area contributed by atoms with Gasteiger partial charge in [0.25, 0.3) is 0 Å². The Balaban J connectivity index is 1.51. The number of carbonyl (C=O) groups excluding carboxylic acids is 1. The van der Waals surface area contributed by atoms with E-state index in [4.69, 9.17) is 11.6 Å². The maximum Gasteiger partial charge on any atom is 0.232 e. The second-order valence-electron chi connectivity index (χ2n) is 7.56. The first kappa shape index (κ1) is 22.4. The smallest absolute Gasteiger partial charge is 0.232 e. The maximum absolute atomic E-state index is 12.3. The predicted octanol–water partition coefficient (Wildman–Crippen LogP) is 4.52. The number of nitrogens with zero attached hydrogens (tertiary/aromatic N) is 2. The normalized spacial score (nSPS) is 14.4. The molecule has 0 bridgehead atoms. The number of hydrogen-bond acceptors (Lipinski definition) is 4. The molecule has 1 aliphatic heterocycles. The van der Waals surface area contributed by atoms with Crippen molar-refractivity contribution in [1.82, 2.24) is 0 Å². The van der Waals surface area contributed by atoms with Gasteiger partial charge in [0.05, 0.1) is 11.9 Å². The Morgan fingerprint density at radius 2 is 1.67 bits per heavy atom. The van der Waals surface area contributed by atoms with Crippen LogP contribution in [-0.2, 0) is 14.8 Å². The van der Waals surface area contributed by atoms with E-state index in [0.29, 0.717) is 17.1 Å². The van der Waals surface area contributed by atoms with Gasteiger partial charge >= 0.3 is 0 Å². The summed E-state index contributed by atoms with van der Waals surface area (Å²) in [5, 5.41) is 3.43. The highest BCUT2D eigenvalue weighted by Crippen LogP contribution is 2.23. The van der Waals surface area contributed by atoms with Crippen molar-refractivity contribution in [3.05, 3.63) is 53.6 Å². The van der Waals surface area contributed by atoms with Crippen LogP contribution >= 0.6 is 11.6 Å². The summed E-state index contributed by atoms with van der Waals surface area (Å²) >= 11 is 5.88. The van der Waals surface area contributed by atoms with Crippen LogP contribution < -0.4 is 14.5 Å². The van der Waals surface area contributed by atoms with E-state index >= 15 is 0 Å². The topological polar surface area (TPSA) is 69.7 Å². The van der Waals surface area contributed by atoms with Crippen molar-refractivity contribution in [2.75, 3.05) is 40.4 Å². The van der Waals surface area contributed by atoms with Crippen molar-refractivity contribution in [2.24, 2.45) is 0 Å². The molecule has 2 aromatic rings. The van der Waals surface area contributed by atoms with Crippen LogP contribution in [0.25, 0.3) is 0 Å². The summed E-state index contributed by atoms with van der Waals surface area (Å²) in [7, 11) is -3.45. The molecule has 162 valence electrons. The summed E-state index contributed by atoms with van der Waals surface area (Å²) in [6, 6.07) is 14.5. The van der Waals surface area contributed by atoms with Crippen molar-refractivity contribution in [1.29, 1.82) is 0 Å². The van der Waals surface area contributed by atoms with Gasteiger partial charge in [-0.3, -0.25) is 9.10 Å². The SMILES string of the molecule is CS(=O)(=O)N(CCCC(=O)Nc1ccc(N2CCCCC2)cc1)c1ccc(Cl)cc1. The molecule has 0 atom stereocenters. The fourth-order valence-corrected chi connectivity index (χ4v) is 4.70. The first-order chi connectivity index (χ1) is 14.3. The van der Waals surface area contributed by atoms with Gasteiger partial charge in [-0.25, -0.2) is 8.42 Å². The van der Waals surface area contributed by atoms with Crippen LogP contribution in [0.3, 0.4) is 0 Å². The molecule has 0 unspecified atom stereocenters. The second kappa shape index (κ2) is 10.2. The van der Waals surface area contributed by atoms with Gasteiger partial charge in [0.15, 0.2) is 0 Å². The number of amides is 1. The van der Waals surface area contributed by atoms with Crippen molar-refractivity contribution >= 4 is 44.6 Å². The third-order valence-electron chi connectivity index (χ3n) is 5.15. The van der Waals surface area contributed by atoms with Gasteiger partial charge in [-0.15, -0.1) is 0 Å². The number of carbonyl (C=O) groups is 1. The average molecular weight is 450 g/mol. The largest absolute Gasteiger partial charge is 0.372 e. The Labute approximate surface area is 183 Å². The van der Waals surface area contributed by atoms with Crippen molar-refractivity contribution in [3.63, 3.8) is 0 Å². The fraction of sp³-hybridized carbons (Fsp3) is 0.409. The molecule has 1 amide bonds. The van der Waals surface area contributed by atoms with Gasteiger partial charge in [-0.05, 0) is 74.2 Å². The number of halogens is 1. The molecular weight excluding hydrogens is 422 g/mol. The second-order valence-corrected chi connectivity index (χ2v) is 9.90. The minimum absolute atomic E-state index is 0.134. The van der Waals surface area contributed by atoms with Crippen molar-refractivity contribution in [2.45, 2.75) is 32.1 Å². The molecule has 1 fully saturated rings. The van der Waals surface area contributed by atoms with Crippen LogP contribution in [0.15, 0.2) is 48.5 Å². The molecule has 0 saturated carbocycles. The van der Waals surface area contributed by atoms with Crippen LogP contribution in [0.1, 0.15) is 32.1 Å². The van der Waals surface area contributed by atoms with Gasteiger partial charge in [0.2, 0.25) is 15.9 Å². The third-order valence-corrected chi connectivity index (χ3v) is 6.60. The first-order valence-electron chi connectivity index (χ1n) is 10.2. The van der Waals surface area contributed by atoms with Crippen LogP contribution in [0.2, 0.25) is 5.02 Å².